The van der Waals surface area contributed by atoms with Crippen LogP contribution in [0, 0.1) is 12.7 Å². The summed E-state index contributed by atoms with van der Waals surface area (Å²) in [7, 11) is 0. The van der Waals surface area contributed by atoms with E-state index in [1.165, 1.54) is 19.1 Å². The van der Waals surface area contributed by atoms with Crippen LogP contribution in [0.4, 0.5) is 9.18 Å². The lowest BCUT2D eigenvalue weighted by atomic mass is 9.99. The van der Waals surface area contributed by atoms with Crippen LogP contribution in [0.3, 0.4) is 0 Å². The van der Waals surface area contributed by atoms with Gasteiger partial charge in [-0.2, -0.15) is 0 Å². The Bertz CT molecular complexity index is 815. The van der Waals surface area contributed by atoms with Gasteiger partial charge in [0.15, 0.2) is 0 Å². The third-order valence-electron chi connectivity index (χ3n) is 6.23. The summed E-state index contributed by atoms with van der Waals surface area (Å²) in [6, 6.07) is 4.66. The second-order valence-corrected chi connectivity index (χ2v) is 8.75. The number of amides is 2. The molecule has 0 aromatic heterocycles. The molecule has 1 atom stereocenters. The third kappa shape index (κ3) is 6.10. The van der Waals surface area contributed by atoms with E-state index in [-0.39, 0.29) is 37.0 Å². The van der Waals surface area contributed by atoms with Gasteiger partial charge >= 0.3 is 6.09 Å². The number of β-amino-alcohol motifs (C(OH)–C–C–N with tert-alkyl or cyclic N) is 1. The Labute approximate surface area is 188 Å². The normalized spacial score (nSPS) is 23.0. The number of likely N-dealkylation sites (tertiary alicyclic amines) is 1. The molecule has 32 heavy (non-hydrogen) atoms. The maximum absolute atomic E-state index is 13.6. The minimum atomic E-state index is -1.28. The summed E-state index contributed by atoms with van der Waals surface area (Å²) in [6.07, 6.45) is 1.25. The molecular formula is C23H34FN3O5. The SMILES string of the molecule is CCOC(=O)N1CCC(N2CCN(C(C)=O)C[C@@](O)(COc3ccc(F)c(C)c3)C2)CC1. The first-order chi connectivity index (χ1) is 15.2. The fourth-order valence-corrected chi connectivity index (χ4v) is 4.42. The molecule has 9 heteroatoms. The van der Waals surface area contributed by atoms with Crippen molar-refractivity contribution in [1.82, 2.24) is 14.7 Å². The summed E-state index contributed by atoms with van der Waals surface area (Å²) >= 11 is 0. The highest BCUT2D eigenvalue weighted by molar-refractivity contribution is 5.73. The summed E-state index contributed by atoms with van der Waals surface area (Å²) in [4.78, 5) is 29.7. The molecule has 0 aliphatic carbocycles. The van der Waals surface area contributed by atoms with Crippen LogP contribution in [0.25, 0.3) is 0 Å². The minimum Gasteiger partial charge on any atom is -0.490 e. The highest BCUT2D eigenvalue weighted by Crippen LogP contribution is 2.24. The topological polar surface area (TPSA) is 82.6 Å². The van der Waals surface area contributed by atoms with E-state index in [4.69, 9.17) is 9.47 Å². The number of aliphatic hydroxyl groups is 1. The van der Waals surface area contributed by atoms with Gasteiger partial charge in [0.25, 0.3) is 0 Å². The van der Waals surface area contributed by atoms with Crippen LogP contribution in [0.2, 0.25) is 0 Å². The first-order valence-electron chi connectivity index (χ1n) is 11.2. The number of nitrogens with zero attached hydrogens (tertiary/aromatic N) is 3. The van der Waals surface area contributed by atoms with E-state index >= 15 is 0 Å². The molecule has 3 rings (SSSR count). The fraction of sp³-hybridized carbons (Fsp3) is 0.652. The molecule has 8 nitrogen and oxygen atoms in total. The van der Waals surface area contributed by atoms with Crippen LogP contribution in [0.1, 0.15) is 32.3 Å². The van der Waals surface area contributed by atoms with Gasteiger partial charge in [-0.15, -0.1) is 0 Å². The van der Waals surface area contributed by atoms with Crippen molar-refractivity contribution >= 4 is 12.0 Å². The average molecular weight is 452 g/mol. The predicted octanol–water partition coefficient (Wildman–Crippen LogP) is 2.03. The van der Waals surface area contributed by atoms with Crippen molar-refractivity contribution in [3.8, 4) is 5.75 Å². The Morgan fingerprint density at radius 2 is 1.88 bits per heavy atom. The molecule has 0 spiro atoms. The van der Waals surface area contributed by atoms with E-state index < -0.39 is 5.60 Å². The van der Waals surface area contributed by atoms with E-state index in [1.54, 1.807) is 29.7 Å². The molecule has 2 saturated heterocycles. The monoisotopic (exact) mass is 451 g/mol. The number of hydrogen-bond donors (Lipinski definition) is 1. The second kappa shape index (κ2) is 10.5. The van der Waals surface area contributed by atoms with Crippen molar-refractivity contribution in [2.75, 3.05) is 52.5 Å². The maximum Gasteiger partial charge on any atom is 0.409 e. The van der Waals surface area contributed by atoms with Gasteiger partial charge in [-0.1, -0.05) is 0 Å². The Kier molecular flexibility index (Phi) is 7.95. The number of aryl methyl sites for hydroxylation is 1. The smallest absolute Gasteiger partial charge is 0.409 e. The van der Waals surface area contributed by atoms with Crippen LogP contribution < -0.4 is 4.74 Å². The van der Waals surface area contributed by atoms with Gasteiger partial charge in [0.05, 0.1) is 13.2 Å². The fourth-order valence-electron chi connectivity index (χ4n) is 4.42. The number of ether oxygens (including phenoxy) is 2. The predicted molar refractivity (Wildman–Crippen MR) is 117 cm³/mol. The van der Waals surface area contributed by atoms with Crippen molar-refractivity contribution in [2.45, 2.75) is 45.3 Å². The lowest BCUT2D eigenvalue weighted by Crippen LogP contribution is -2.55. The lowest BCUT2D eigenvalue weighted by Gasteiger charge is -2.40. The van der Waals surface area contributed by atoms with Crippen molar-refractivity contribution in [3.05, 3.63) is 29.6 Å². The molecule has 0 radical (unpaired) electrons. The van der Waals surface area contributed by atoms with Crippen LogP contribution in [-0.2, 0) is 9.53 Å². The molecule has 2 aliphatic rings. The molecule has 2 fully saturated rings. The first-order valence-corrected chi connectivity index (χ1v) is 11.2. The van der Waals surface area contributed by atoms with Crippen molar-refractivity contribution in [3.63, 3.8) is 0 Å². The largest absolute Gasteiger partial charge is 0.490 e. The molecule has 2 heterocycles. The molecule has 2 amide bonds. The number of piperidine rings is 1. The number of benzene rings is 1. The maximum atomic E-state index is 13.6. The molecule has 1 N–H and O–H groups in total. The molecule has 178 valence electrons. The van der Waals surface area contributed by atoms with Gasteiger partial charge < -0.3 is 24.4 Å². The van der Waals surface area contributed by atoms with Gasteiger partial charge in [-0.05, 0) is 50.5 Å². The quantitative estimate of drug-likeness (QED) is 0.738. The highest BCUT2D eigenvalue weighted by atomic mass is 19.1. The Morgan fingerprint density at radius 3 is 2.50 bits per heavy atom. The van der Waals surface area contributed by atoms with Gasteiger partial charge in [-0.25, -0.2) is 9.18 Å². The number of halogens is 1. The zero-order valence-corrected chi connectivity index (χ0v) is 19.2. The summed E-state index contributed by atoms with van der Waals surface area (Å²) in [6.45, 7) is 8.16. The summed E-state index contributed by atoms with van der Waals surface area (Å²) in [5.41, 5.74) is -0.807. The molecule has 0 saturated carbocycles. The zero-order valence-electron chi connectivity index (χ0n) is 19.2. The van der Waals surface area contributed by atoms with Gasteiger partial charge in [0.2, 0.25) is 5.91 Å². The van der Waals surface area contributed by atoms with Crippen molar-refractivity contribution in [2.24, 2.45) is 0 Å². The van der Waals surface area contributed by atoms with E-state index in [0.717, 1.165) is 12.8 Å². The van der Waals surface area contributed by atoms with E-state index in [2.05, 4.69) is 4.90 Å². The highest BCUT2D eigenvalue weighted by Gasteiger charge is 2.39. The zero-order chi connectivity index (χ0) is 23.3. The van der Waals surface area contributed by atoms with E-state index in [9.17, 15) is 19.1 Å². The molecule has 0 unspecified atom stereocenters. The van der Waals surface area contributed by atoms with Crippen LogP contribution in [0.15, 0.2) is 18.2 Å². The number of carbonyl (C=O) groups excluding carboxylic acids is 2. The summed E-state index contributed by atoms with van der Waals surface area (Å²) < 4.78 is 24.5. The third-order valence-corrected chi connectivity index (χ3v) is 6.23. The number of rotatable bonds is 5. The second-order valence-electron chi connectivity index (χ2n) is 8.75. The van der Waals surface area contributed by atoms with Crippen LogP contribution in [-0.4, -0.2) is 95.9 Å². The number of hydrogen-bond acceptors (Lipinski definition) is 6. The Hall–Kier alpha value is -2.39. The standard InChI is InChI=1S/C23H34FN3O5/c1-4-31-22(29)25-9-7-19(8-10-25)27-12-11-26(18(3)28)14-23(30,15-27)16-32-20-5-6-21(24)17(2)13-20/h5-6,13,19,30H,4,7-12,14-16H2,1-3H3/t23-/m0/s1. The average Bonchev–Trinajstić information content (AvgIpc) is 2.95. The van der Waals surface area contributed by atoms with Gasteiger partial charge in [0.1, 0.15) is 23.8 Å². The number of carbonyl (C=O) groups is 2. The van der Waals surface area contributed by atoms with E-state index in [1.807, 2.05) is 0 Å². The summed E-state index contributed by atoms with van der Waals surface area (Å²) in [5.74, 6) is 0.0684. The minimum absolute atomic E-state index is 0.0139. The van der Waals surface area contributed by atoms with Crippen LogP contribution >= 0.6 is 0 Å². The molecular weight excluding hydrogens is 417 g/mol. The Balaban J connectivity index is 1.67. The molecule has 1 aromatic rings. The first kappa shape index (κ1) is 24.3. The van der Waals surface area contributed by atoms with Crippen molar-refractivity contribution in [1.29, 1.82) is 0 Å². The lowest BCUT2D eigenvalue weighted by molar-refractivity contribution is -0.132. The molecule has 1 aromatic carbocycles. The summed E-state index contributed by atoms with van der Waals surface area (Å²) in [5, 5.41) is 11.4. The molecule has 0 bridgehead atoms. The van der Waals surface area contributed by atoms with E-state index in [0.29, 0.717) is 50.6 Å². The molecule has 2 aliphatic heterocycles. The Morgan fingerprint density at radius 1 is 1.16 bits per heavy atom. The van der Waals surface area contributed by atoms with Crippen molar-refractivity contribution < 1.29 is 28.6 Å². The van der Waals surface area contributed by atoms with Gasteiger partial charge in [-0.3, -0.25) is 9.69 Å². The van der Waals surface area contributed by atoms with Gasteiger partial charge in [0, 0.05) is 45.7 Å². The van der Waals surface area contributed by atoms with Crippen LogP contribution in [0.5, 0.6) is 5.75 Å².